The first-order valence-electron chi connectivity index (χ1n) is 6.98. The van der Waals surface area contributed by atoms with Crippen LogP contribution in [0.25, 0.3) is 0 Å². The quantitative estimate of drug-likeness (QED) is 0.551. The number of nitrogens with one attached hydrogen (secondary N) is 1. The van der Waals surface area contributed by atoms with Crippen molar-refractivity contribution >= 4 is 5.96 Å². The molecule has 1 unspecified atom stereocenters. The molecule has 2 saturated heterocycles. The Morgan fingerprint density at radius 3 is 2.94 bits per heavy atom. The van der Waals surface area contributed by atoms with Crippen LogP contribution >= 0.6 is 0 Å². The zero-order valence-electron chi connectivity index (χ0n) is 11.6. The molecular formula is C13H26N4O. The standard InChI is InChI=1S/C13H26N4O/c1-3-17-6-4-5-11(17)7-15-12(14)16-8-13(2)9-18-10-13/h11H,3-10H2,1-2H3,(H3,14,15,16). The maximum absolute atomic E-state index is 5.90. The molecule has 0 amide bonds. The number of guanidine groups is 1. The van der Waals surface area contributed by atoms with Crippen LogP contribution in [0, 0.1) is 5.41 Å². The number of nitrogens with two attached hydrogens (primary N) is 1. The second kappa shape index (κ2) is 5.89. The van der Waals surface area contributed by atoms with Crippen molar-refractivity contribution in [3.05, 3.63) is 0 Å². The third-order valence-corrected chi connectivity index (χ3v) is 3.96. The highest BCUT2D eigenvalue weighted by Crippen LogP contribution is 2.26. The van der Waals surface area contributed by atoms with E-state index in [1.54, 1.807) is 0 Å². The SMILES string of the molecule is CCN1CCCC1CNC(N)=NCC1(C)COC1. The van der Waals surface area contributed by atoms with Crippen LogP contribution in [0.1, 0.15) is 26.7 Å². The van der Waals surface area contributed by atoms with Crippen molar-refractivity contribution in [1.82, 2.24) is 10.2 Å². The predicted molar refractivity (Wildman–Crippen MR) is 73.7 cm³/mol. The van der Waals surface area contributed by atoms with E-state index < -0.39 is 0 Å². The van der Waals surface area contributed by atoms with Crippen LogP contribution in [-0.2, 0) is 4.74 Å². The molecule has 5 heteroatoms. The minimum Gasteiger partial charge on any atom is -0.380 e. The van der Waals surface area contributed by atoms with E-state index in [2.05, 4.69) is 29.1 Å². The number of likely N-dealkylation sites (tertiary alicyclic amines) is 1. The van der Waals surface area contributed by atoms with Crippen LogP contribution in [0.3, 0.4) is 0 Å². The van der Waals surface area contributed by atoms with E-state index in [4.69, 9.17) is 10.5 Å². The molecule has 2 fully saturated rings. The van der Waals surface area contributed by atoms with Crippen molar-refractivity contribution in [3.8, 4) is 0 Å². The number of nitrogens with zero attached hydrogens (tertiary/aromatic N) is 2. The topological polar surface area (TPSA) is 62.9 Å². The fourth-order valence-corrected chi connectivity index (χ4v) is 2.64. The van der Waals surface area contributed by atoms with Crippen LogP contribution in [-0.4, -0.2) is 56.3 Å². The summed E-state index contributed by atoms with van der Waals surface area (Å²) in [5.74, 6) is 0.575. The van der Waals surface area contributed by atoms with E-state index >= 15 is 0 Å². The summed E-state index contributed by atoms with van der Waals surface area (Å²) in [6.07, 6.45) is 2.56. The molecule has 2 aliphatic heterocycles. The summed E-state index contributed by atoms with van der Waals surface area (Å²) in [7, 11) is 0. The normalized spacial score (nSPS) is 28.1. The van der Waals surface area contributed by atoms with E-state index in [-0.39, 0.29) is 5.41 Å². The number of likely N-dealkylation sites (N-methyl/N-ethyl adjacent to an activating group) is 1. The van der Waals surface area contributed by atoms with Crippen molar-refractivity contribution < 1.29 is 4.74 Å². The molecule has 3 N–H and O–H groups in total. The molecule has 0 aromatic heterocycles. The molecule has 104 valence electrons. The number of aliphatic imine (C=N–C) groups is 1. The molecule has 0 spiro atoms. The van der Waals surface area contributed by atoms with Gasteiger partial charge >= 0.3 is 0 Å². The lowest BCUT2D eigenvalue weighted by atomic mass is 9.89. The first kappa shape index (κ1) is 13.6. The van der Waals surface area contributed by atoms with Gasteiger partial charge in [0.2, 0.25) is 0 Å². The van der Waals surface area contributed by atoms with Crippen molar-refractivity contribution in [2.75, 3.05) is 39.4 Å². The van der Waals surface area contributed by atoms with E-state index in [9.17, 15) is 0 Å². The lowest BCUT2D eigenvalue weighted by molar-refractivity contribution is -0.0945. The summed E-state index contributed by atoms with van der Waals surface area (Å²) in [5, 5.41) is 3.25. The van der Waals surface area contributed by atoms with Gasteiger partial charge in [-0.3, -0.25) is 9.89 Å². The molecular weight excluding hydrogens is 228 g/mol. The maximum atomic E-state index is 5.90. The molecule has 0 aromatic rings. The van der Waals surface area contributed by atoms with E-state index in [1.165, 1.54) is 19.4 Å². The lowest BCUT2D eigenvalue weighted by Crippen LogP contribution is -2.45. The Morgan fingerprint density at radius 1 is 1.56 bits per heavy atom. The molecule has 0 radical (unpaired) electrons. The fraction of sp³-hybridized carbons (Fsp3) is 0.923. The molecule has 18 heavy (non-hydrogen) atoms. The second-order valence-corrected chi connectivity index (χ2v) is 5.81. The van der Waals surface area contributed by atoms with Gasteiger partial charge in [-0.15, -0.1) is 0 Å². The third-order valence-electron chi connectivity index (χ3n) is 3.96. The average Bonchev–Trinajstić information content (AvgIpc) is 2.78. The maximum Gasteiger partial charge on any atom is 0.188 e. The van der Waals surface area contributed by atoms with Crippen LogP contribution < -0.4 is 11.1 Å². The van der Waals surface area contributed by atoms with Gasteiger partial charge in [-0.2, -0.15) is 0 Å². The summed E-state index contributed by atoms with van der Waals surface area (Å²) < 4.78 is 5.20. The van der Waals surface area contributed by atoms with Crippen molar-refractivity contribution in [1.29, 1.82) is 0 Å². The van der Waals surface area contributed by atoms with Gasteiger partial charge in [0.1, 0.15) is 0 Å². The predicted octanol–water partition coefficient (Wildman–Crippen LogP) is 0.412. The summed E-state index contributed by atoms with van der Waals surface area (Å²) in [6.45, 7) is 10.0. The highest BCUT2D eigenvalue weighted by atomic mass is 16.5. The summed E-state index contributed by atoms with van der Waals surface area (Å²) in [6, 6.07) is 0.617. The minimum absolute atomic E-state index is 0.203. The Hall–Kier alpha value is -0.810. The van der Waals surface area contributed by atoms with Gasteiger partial charge in [0.15, 0.2) is 5.96 Å². The Kier molecular flexibility index (Phi) is 4.45. The Morgan fingerprint density at radius 2 is 2.33 bits per heavy atom. The Balaban J connectivity index is 1.70. The first-order chi connectivity index (χ1) is 8.63. The van der Waals surface area contributed by atoms with Gasteiger partial charge in [-0.05, 0) is 25.9 Å². The molecule has 1 atom stereocenters. The highest BCUT2D eigenvalue weighted by molar-refractivity contribution is 5.77. The first-order valence-corrected chi connectivity index (χ1v) is 6.98. The minimum atomic E-state index is 0.203. The van der Waals surface area contributed by atoms with Gasteiger partial charge in [-0.1, -0.05) is 13.8 Å². The van der Waals surface area contributed by atoms with Gasteiger partial charge in [-0.25, -0.2) is 0 Å². The number of hydrogen-bond donors (Lipinski definition) is 2. The number of ether oxygens (including phenoxy) is 1. The second-order valence-electron chi connectivity index (χ2n) is 5.81. The zero-order valence-corrected chi connectivity index (χ0v) is 11.6. The van der Waals surface area contributed by atoms with Crippen molar-refractivity contribution in [2.24, 2.45) is 16.1 Å². The zero-order chi connectivity index (χ0) is 13.0. The molecule has 0 saturated carbocycles. The molecule has 0 aromatic carbocycles. The third kappa shape index (κ3) is 3.36. The number of hydrogen-bond acceptors (Lipinski definition) is 3. The van der Waals surface area contributed by atoms with Crippen LogP contribution in [0.4, 0.5) is 0 Å². The molecule has 0 aliphatic carbocycles. The smallest absolute Gasteiger partial charge is 0.188 e. The van der Waals surface area contributed by atoms with Crippen LogP contribution in [0.2, 0.25) is 0 Å². The van der Waals surface area contributed by atoms with Crippen LogP contribution in [0.5, 0.6) is 0 Å². The van der Waals surface area contributed by atoms with E-state index in [0.29, 0.717) is 12.0 Å². The average molecular weight is 254 g/mol. The van der Waals surface area contributed by atoms with E-state index in [1.807, 2.05) is 0 Å². The van der Waals surface area contributed by atoms with Gasteiger partial charge in [0.05, 0.1) is 19.8 Å². The molecule has 2 aliphatic rings. The van der Waals surface area contributed by atoms with Crippen LogP contribution in [0.15, 0.2) is 4.99 Å². The molecule has 5 nitrogen and oxygen atoms in total. The molecule has 2 heterocycles. The van der Waals surface area contributed by atoms with Crippen molar-refractivity contribution in [2.45, 2.75) is 32.7 Å². The summed E-state index contributed by atoms with van der Waals surface area (Å²) >= 11 is 0. The summed E-state index contributed by atoms with van der Waals surface area (Å²) in [5.41, 5.74) is 6.11. The molecule has 0 bridgehead atoms. The van der Waals surface area contributed by atoms with Gasteiger partial charge in [0, 0.05) is 18.0 Å². The van der Waals surface area contributed by atoms with Gasteiger partial charge < -0.3 is 15.8 Å². The Bertz CT molecular complexity index is 301. The highest BCUT2D eigenvalue weighted by Gasteiger charge is 2.33. The largest absolute Gasteiger partial charge is 0.380 e. The summed E-state index contributed by atoms with van der Waals surface area (Å²) in [4.78, 5) is 6.92. The van der Waals surface area contributed by atoms with Crippen molar-refractivity contribution in [3.63, 3.8) is 0 Å². The Labute approximate surface area is 110 Å². The molecule has 2 rings (SSSR count). The van der Waals surface area contributed by atoms with Gasteiger partial charge in [0.25, 0.3) is 0 Å². The fourth-order valence-electron chi connectivity index (χ4n) is 2.64. The lowest BCUT2D eigenvalue weighted by Gasteiger charge is -2.36. The monoisotopic (exact) mass is 254 g/mol. The number of rotatable bonds is 5. The van der Waals surface area contributed by atoms with E-state index in [0.717, 1.165) is 32.8 Å².